The lowest BCUT2D eigenvalue weighted by Crippen LogP contribution is -1.99. The molecule has 1 rings (SSSR count). The fourth-order valence-electron chi connectivity index (χ4n) is 0.989. The van der Waals surface area contributed by atoms with Gasteiger partial charge in [-0.05, 0) is 10.7 Å². The highest BCUT2D eigenvalue weighted by molar-refractivity contribution is 7.80. The molecule has 0 saturated carbocycles. The fourth-order valence-corrected chi connectivity index (χ4v) is 1.20. The van der Waals surface area contributed by atoms with Crippen LogP contribution in [0, 0.1) is 10.1 Å². The van der Waals surface area contributed by atoms with E-state index in [1.165, 1.54) is 10.9 Å². The zero-order valence-corrected chi connectivity index (χ0v) is 7.49. The zero-order valence-electron chi connectivity index (χ0n) is 6.60. The van der Waals surface area contributed by atoms with Crippen molar-refractivity contribution < 1.29 is 4.92 Å². The predicted molar refractivity (Wildman–Crippen MR) is 47.4 cm³/mol. The third kappa shape index (κ3) is 1.58. The SMILES string of the molecule is Cn1cnc(CCS)c1[N+](=O)[O-]. The van der Waals surface area contributed by atoms with E-state index in [0.717, 1.165) is 0 Å². The van der Waals surface area contributed by atoms with E-state index in [1.54, 1.807) is 7.05 Å². The van der Waals surface area contributed by atoms with Gasteiger partial charge in [-0.3, -0.25) is 0 Å². The third-order valence-corrected chi connectivity index (χ3v) is 1.72. The van der Waals surface area contributed by atoms with Gasteiger partial charge in [-0.15, -0.1) is 0 Å². The number of aryl methyl sites for hydroxylation is 2. The monoisotopic (exact) mass is 187 g/mol. The third-order valence-electron chi connectivity index (χ3n) is 1.50. The molecule has 0 radical (unpaired) electrons. The minimum atomic E-state index is -0.425. The maximum absolute atomic E-state index is 10.5. The minimum Gasteiger partial charge on any atom is -0.358 e. The Balaban J connectivity index is 3.04. The largest absolute Gasteiger partial charge is 0.358 e. The molecule has 12 heavy (non-hydrogen) atoms. The van der Waals surface area contributed by atoms with Crippen molar-refractivity contribution in [3.63, 3.8) is 0 Å². The average molecular weight is 187 g/mol. The van der Waals surface area contributed by atoms with Gasteiger partial charge in [-0.2, -0.15) is 12.6 Å². The smallest absolute Gasteiger partial charge is 0.345 e. The molecular weight excluding hydrogens is 178 g/mol. The Morgan fingerprint density at radius 3 is 3.00 bits per heavy atom. The van der Waals surface area contributed by atoms with E-state index in [1.807, 2.05) is 0 Å². The van der Waals surface area contributed by atoms with Gasteiger partial charge in [0, 0.05) is 6.42 Å². The normalized spacial score (nSPS) is 10.2. The van der Waals surface area contributed by atoms with Crippen molar-refractivity contribution in [3.8, 4) is 0 Å². The molecule has 0 saturated heterocycles. The van der Waals surface area contributed by atoms with Crippen LogP contribution in [0.25, 0.3) is 0 Å². The van der Waals surface area contributed by atoms with Crippen LogP contribution in [0.15, 0.2) is 6.33 Å². The van der Waals surface area contributed by atoms with E-state index in [2.05, 4.69) is 17.6 Å². The summed E-state index contributed by atoms with van der Waals surface area (Å²) in [5, 5.41) is 10.5. The molecule has 5 nitrogen and oxygen atoms in total. The Hall–Kier alpha value is -1.04. The summed E-state index contributed by atoms with van der Waals surface area (Å²) in [5.41, 5.74) is 0.498. The molecule has 0 fully saturated rings. The summed E-state index contributed by atoms with van der Waals surface area (Å²) in [6.07, 6.45) is 1.97. The van der Waals surface area contributed by atoms with Gasteiger partial charge in [-0.1, -0.05) is 0 Å². The maximum atomic E-state index is 10.5. The van der Waals surface area contributed by atoms with Crippen LogP contribution in [0.4, 0.5) is 5.82 Å². The Morgan fingerprint density at radius 1 is 1.83 bits per heavy atom. The maximum Gasteiger partial charge on any atom is 0.345 e. The molecule has 0 aliphatic carbocycles. The minimum absolute atomic E-state index is 0.0593. The molecule has 0 atom stereocenters. The number of hydrogen-bond donors (Lipinski definition) is 1. The van der Waals surface area contributed by atoms with E-state index in [4.69, 9.17) is 0 Å². The highest BCUT2D eigenvalue weighted by atomic mass is 32.1. The van der Waals surface area contributed by atoms with Crippen LogP contribution >= 0.6 is 12.6 Å². The van der Waals surface area contributed by atoms with Crippen LogP contribution in [-0.4, -0.2) is 20.2 Å². The first kappa shape index (κ1) is 9.05. The molecule has 0 amide bonds. The molecule has 1 aromatic heterocycles. The molecule has 0 aromatic carbocycles. The Morgan fingerprint density at radius 2 is 2.50 bits per heavy atom. The number of hydrogen-bond acceptors (Lipinski definition) is 4. The van der Waals surface area contributed by atoms with Gasteiger partial charge in [0.05, 0.1) is 7.05 Å². The van der Waals surface area contributed by atoms with Crippen molar-refractivity contribution in [1.29, 1.82) is 0 Å². The van der Waals surface area contributed by atoms with Gasteiger partial charge in [0.25, 0.3) is 0 Å². The van der Waals surface area contributed by atoms with Crippen LogP contribution in [-0.2, 0) is 13.5 Å². The van der Waals surface area contributed by atoms with Gasteiger partial charge < -0.3 is 10.1 Å². The number of thiol groups is 1. The van der Waals surface area contributed by atoms with Gasteiger partial charge in [0.1, 0.15) is 5.69 Å². The fraction of sp³-hybridized carbons (Fsp3) is 0.500. The summed E-state index contributed by atoms with van der Waals surface area (Å²) in [5.74, 6) is 0.627. The lowest BCUT2D eigenvalue weighted by Gasteiger charge is -1.96. The quantitative estimate of drug-likeness (QED) is 0.432. The molecule has 0 aliphatic heterocycles. The van der Waals surface area contributed by atoms with E-state index in [-0.39, 0.29) is 5.82 Å². The molecule has 0 spiro atoms. The Bertz CT molecular complexity index is 297. The van der Waals surface area contributed by atoms with Gasteiger partial charge >= 0.3 is 5.82 Å². The molecule has 66 valence electrons. The molecular formula is C6H9N3O2S. The number of nitro groups is 1. The van der Waals surface area contributed by atoms with Crippen molar-refractivity contribution in [2.24, 2.45) is 7.05 Å². The van der Waals surface area contributed by atoms with Crippen LogP contribution in [0.1, 0.15) is 5.69 Å². The van der Waals surface area contributed by atoms with Crippen LogP contribution in [0.3, 0.4) is 0 Å². The summed E-state index contributed by atoms with van der Waals surface area (Å²) >= 11 is 3.99. The molecule has 1 aromatic rings. The summed E-state index contributed by atoms with van der Waals surface area (Å²) in [6.45, 7) is 0. The zero-order chi connectivity index (χ0) is 9.14. The lowest BCUT2D eigenvalue weighted by atomic mass is 10.3. The summed E-state index contributed by atoms with van der Waals surface area (Å²) in [6, 6.07) is 0. The van der Waals surface area contributed by atoms with Crippen molar-refractivity contribution in [1.82, 2.24) is 9.55 Å². The van der Waals surface area contributed by atoms with Crippen molar-refractivity contribution in [3.05, 3.63) is 22.1 Å². The first-order chi connectivity index (χ1) is 5.66. The summed E-state index contributed by atoms with van der Waals surface area (Å²) < 4.78 is 1.40. The van der Waals surface area contributed by atoms with Gasteiger partial charge in [0.15, 0.2) is 6.33 Å². The Kier molecular flexibility index (Phi) is 2.69. The Labute approximate surface area is 75.0 Å². The van der Waals surface area contributed by atoms with E-state index in [0.29, 0.717) is 17.9 Å². The second-order valence-corrected chi connectivity index (χ2v) is 2.80. The molecule has 0 N–H and O–H groups in total. The topological polar surface area (TPSA) is 61.0 Å². The first-order valence-corrected chi connectivity index (χ1v) is 4.05. The number of nitrogens with zero attached hydrogens (tertiary/aromatic N) is 3. The number of aromatic nitrogens is 2. The molecule has 0 aliphatic rings. The van der Waals surface area contributed by atoms with Crippen molar-refractivity contribution >= 4 is 18.4 Å². The van der Waals surface area contributed by atoms with Crippen molar-refractivity contribution in [2.45, 2.75) is 6.42 Å². The number of rotatable bonds is 3. The van der Waals surface area contributed by atoms with Crippen LogP contribution < -0.4 is 0 Å². The van der Waals surface area contributed by atoms with Crippen molar-refractivity contribution in [2.75, 3.05) is 5.75 Å². The van der Waals surface area contributed by atoms with E-state index >= 15 is 0 Å². The first-order valence-electron chi connectivity index (χ1n) is 3.42. The predicted octanol–water partition coefficient (Wildman–Crippen LogP) is 0.801. The highest BCUT2D eigenvalue weighted by Crippen LogP contribution is 2.16. The summed E-state index contributed by atoms with van der Waals surface area (Å²) in [7, 11) is 1.60. The molecule has 1 heterocycles. The number of imidazole rings is 1. The van der Waals surface area contributed by atoms with E-state index in [9.17, 15) is 10.1 Å². The van der Waals surface area contributed by atoms with Gasteiger partial charge in [-0.25, -0.2) is 9.55 Å². The summed E-state index contributed by atoms with van der Waals surface area (Å²) in [4.78, 5) is 14.0. The molecule has 0 bridgehead atoms. The lowest BCUT2D eigenvalue weighted by molar-refractivity contribution is -0.392. The molecule has 0 unspecified atom stereocenters. The van der Waals surface area contributed by atoms with Crippen LogP contribution in [0.2, 0.25) is 0 Å². The van der Waals surface area contributed by atoms with Crippen LogP contribution in [0.5, 0.6) is 0 Å². The highest BCUT2D eigenvalue weighted by Gasteiger charge is 2.17. The average Bonchev–Trinajstić information content (AvgIpc) is 2.32. The second-order valence-electron chi connectivity index (χ2n) is 2.36. The van der Waals surface area contributed by atoms with E-state index < -0.39 is 4.92 Å². The van der Waals surface area contributed by atoms with Gasteiger partial charge in [0.2, 0.25) is 0 Å². The second kappa shape index (κ2) is 3.57. The standard InChI is InChI=1S/C6H9N3O2S/c1-8-4-7-5(2-3-12)6(8)9(10)11/h4,12H,2-3H2,1H3. The molecule has 6 heteroatoms.